The van der Waals surface area contributed by atoms with Crippen LogP contribution in [-0.2, 0) is 12.2 Å². The summed E-state index contributed by atoms with van der Waals surface area (Å²) < 4.78 is 0. The van der Waals surface area contributed by atoms with Crippen molar-refractivity contribution in [1.29, 1.82) is 0 Å². The molecule has 0 heterocycles. The van der Waals surface area contributed by atoms with Crippen molar-refractivity contribution in [2.24, 2.45) is 5.73 Å². The van der Waals surface area contributed by atoms with Crippen LogP contribution in [0.5, 0.6) is 0 Å². The highest BCUT2D eigenvalue weighted by Gasteiger charge is 2.26. The molecule has 2 heteroatoms. The smallest absolute Gasteiger partial charge is 0.0418 e. The zero-order valence-corrected chi connectivity index (χ0v) is 12.7. The van der Waals surface area contributed by atoms with Crippen molar-refractivity contribution in [3.63, 3.8) is 0 Å². The number of benzene rings is 2. The highest BCUT2D eigenvalue weighted by atomic mass is 32.2. The highest BCUT2D eigenvalue weighted by Crippen LogP contribution is 2.36. The third kappa shape index (κ3) is 2.77. The Hall–Kier alpha value is -1.25. The molecule has 0 spiro atoms. The second-order valence-electron chi connectivity index (χ2n) is 5.54. The number of aryl methyl sites for hydroxylation is 2. The fourth-order valence-corrected chi connectivity index (χ4v) is 4.28. The van der Waals surface area contributed by atoms with Crippen molar-refractivity contribution >= 4 is 11.8 Å². The summed E-state index contributed by atoms with van der Waals surface area (Å²) in [6.45, 7) is 2.19. The number of fused-ring (bicyclic) bond motifs is 1. The molecule has 2 unspecified atom stereocenters. The lowest BCUT2D eigenvalue weighted by Gasteiger charge is -2.30. The number of hydrogen-bond acceptors (Lipinski definition) is 2. The van der Waals surface area contributed by atoms with Crippen LogP contribution in [0.4, 0.5) is 0 Å². The van der Waals surface area contributed by atoms with E-state index in [1.165, 1.54) is 28.7 Å². The van der Waals surface area contributed by atoms with Gasteiger partial charge >= 0.3 is 0 Å². The maximum atomic E-state index is 6.47. The van der Waals surface area contributed by atoms with Gasteiger partial charge in [-0.2, -0.15) is 11.8 Å². The quantitative estimate of drug-likeness (QED) is 0.911. The lowest BCUT2D eigenvalue weighted by molar-refractivity contribution is 0.586. The van der Waals surface area contributed by atoms with E-state index in [-0.39, 0.29) is 6.04 Å². The number of hydrogen-bond donors (Lipinski definition) is 1. The SMILES string of the molecule is Cc1ccccc1CSC1CCc2ccccc2C1N. The minimum absolute atomic E-state index is 0.175. The van der Waals surface area contributed by atoms with Crippen LogP contribution in [0.25, 0.3) is 0 Å². The van der Waals surface area contributed by atoms with Gasteiger partial charge in [0.1, 0.15) is 0 Å². The van der Waals surface area contributed by atoms with Gasteiger partial charge < -0.3 is 5.73 Å². The summed E-state index contributed by atoms with van der Waals surface area (Å²) in [5, 5.41) is 0.532. The molecule has 0 radical (unpaired) electrons. The molecule has 2 N–H and O–H groups in total. The molecular weight excluding hydrogens is 262 g/mol. The average Bonchev–Trinajstić information content (AvgIpc) is 2.48. The number of nitrogens with two attached hydrogens (primary N) is 1. The third-order valence-electron chi connectivity index (χ3n) is 4.23. The molecule has 104 valence electrons. The predicted octanol–water partition coefficient (Wildman–Crippen LogP) is 4.24. The molecule has 0 aliphatic heterocycles. The van der Waals surface area contributed by atoms with Crippen molar-refractivity contribution < 1.29 is 0 Å². The summed E-state index contributed by atoms with van der Waals surface area (Å²) in [6.07, 6.45) is 2.35. The minimum atomic E-state index is 0.175. The van der Waals surface area contributed by atoms with Gasteiger partial charge in [0.05, 0.1) is 0 Å². The molecule has 0 fully saturated rings. The molecule has 1 nitrogen and oxygen atoms in total. The van der Waals surface area contributed by atoms with Gasteiger partial charge in [-0.15, -0.1) is 0 Å². The third-order valence-corrected chi connectivity index (χ3v) is 5.66. The van der Waals surface area contributed by atoms with Crippen molar-refractivity contribution in [3.8, 4) is 0 Å². The van der Waals surface area contributed by atoms with Crippen molar-refractivity contribution in [2.45, 2.75) is 36.8 Å². The summed E-state index contributed by atoms with van der Waals surface area (Å²) >= 11 is 2.01. The first-order valence-electron chi connectivity index (χ1n) is 7.25. The highest BCUT2D eigenvalue weighted by molar-refractivity contribution is 7.99. The number of rotatable bonds is 3. The first-order valence-corrected chi connectivity index (χ1v) is 8.30. The topological polar surface area (TPSA) is 26.0 Å². The Kier molecular flexibility index (Phi) is 4.13. The summed E-state index contributed by atoms with van der Waals surface area (Å²) in [5.74, 6) is 1.06. The lowest BCUT2D eigenvalue weighted by atomic mass is 9.88. The van der Waals surface area contributed by atoms with E-state index >= 15 is 0 Å². The van der Waals surface area contributed by atoms with Crippen LogP contribution in [-0.4, -0.2) is 5.25 Å². The van der Waals surface area contributed by atoms with Gasteiger partial charge in [0.25, 0.3) is 0 Å². The summed E-state index contributed by atoms with van der Waals surface area (Å²) in [7, 11) is 0. The summed E-state index contributed by atoms with van der Waals surface area (Å²) in [5.41, 5.74) is 12.1. The fourth-order valence-electron chi connectivity index (χ4n) is 2.92. The van der Waals surface area contributed by atoms with Crippen molar-refractivity contribution in [2.75, 3.05) is 0 Å². The van der Waals surface area contributed by atoms with E-state index in [0.29, 0.717) is 5.25 Å². The molecule has 0 amide bonds. The van der Waals surface area contributed by atoms with Gasteiger partial charge in [-0.05, 0) is 42.0 Å². The minimum Gasteiger partial charge on any atom is -0.323 e. The monoisotopic (exact) mass is 283 g/mol. The maximum absolute atomic E-state index is 6.47. The predicted molar refractivity (Wildman–Crippen MR) is 88.0 cm³/mol. The lowest BCUT2D eigenvalue weighted by Crippen LogP contribution is -2.29. The first-order chi connectivity index (χ1) is 9.75. The second-order valence-corrected chi connectivity index (χ2v) is 6.77. The average molecular weight is 283 g/mol. The van der Waals surface area contributed by atoms with Gasteiger partial charge in [0, 0.05) is 17.0 Å². The van der Waals surface area contributed by atoms with Crippen LogP contribution in [0.15, 0.2) is 48.5 Å². The van der Waals surface area contributed by atoms with Crippen molar-refractivity contribution in [3.05, 3.63) is 70.8 Å². The molecule has 2 aromatic rings. The first kappa shape index (κ1) is 13.7. The second kappa shape index (κ2) is 6.02. The van der Waals surface area contributed by atoms with Crippen molar-refractivity contribution in [1.82, 2.24) is 0 Å². The Morgan fingerprint density at radius 2 is 1.85 bits per heavy atom. The van der Waals surface area contributed by atoms with Crippen LogP contribution in [0.3, 0.4) is 0 Å². The molecule has 3 rings (SSSR count). The largest absolute Gasteiger partial charge is 0.323 e. The molecule has 0 saturated heterocycles. The molecule has 20 heavy (non-hydrogen) atoms. The molecule has 2 aromatic carbocycles. The van der Waals surface area contributed by atoms with Crippen LogP contribution >= 0.6 is 11.8 Å². The van der Waals surface area contributed by atoms with Crippen LogP contribution in [0.2, 0.25) is 0 Å². The summed E-state index contributed by atoms with van der Waals surface area (Å²) in [6, 6.07) is 17.5. The van der Waals surface area contributed by atoms with E-state index in [1.807, 2.05) is 11.8 Å². The van der Waals surface area contributed by atoms with E-state index in [2.05, 4.69) is 55.5 Å². The normalized spacial score (nSPS) is 21.5. The van der Waals surface area contributed by atoms with Crippen LogP contribution in [0.1, 0.15) is 34.7 Å². The van der Waals surface area contributed by atoms with Gasteiger partial charge in [0.15, 0.2) is 0 Å². The Balaban J connectivity index is 1.69. The molecule has 0 saturated carbocycles. The van der Waals surface area contributed by atoms with E-state index < -0.39 is 0 Å². The van der Waals surface area contributed by atoms with Gasteiger partial charge in [-0.25, -0.2) is 0 Å². The molecule has 0 bridgehead atoms. The zero-order valence-electron chi connectivity index (χ0n) is 11.9. The van der Waals surface area contributed by atoms with Gasteiger partial charge in [-0.1, -0.05) is 48.5 Å². The molecule has 2 atom stereocenters. The van der Waals surface area contributed by atoms with E-state index in [4.69, 9.17) is 5.73 Å². The van der Waals surface area contributed by atoms with Crippen LogP contribution < -0.4 is 5.73 Å². The number of thioether (sulfide) groups is 1. The molecule has 1 aliphatic rings. The maximum Gasteiger partial charge on any atom is 0.0418 e. The Bertz CT molecular complexity index is 593. The fraction of sp³-hybridized carbons (Fsp3) is 0.333. The van der Waals surface area contributed by atoms with E-state index in [9.17, 15) is 0 Å². The molecule has 0 aromatic heterocycles. The van der Waals surface area contributed by atoms with Crippen LogP contribution in [0, 0.1) is 6.92 Å². The summed E-state index contributed by atoms with van der Waals surface area (Å²) in [4.78, 5) is 0. The molecular formula is C18H21NS. The van der Waals surface area contributed by atoms with E-state index in [0.717, 1.165) is 12.2 Å². The Morgan fingerprint density at radius 3 is 2.70 bits per heavy atom. The van der Waals surface area contributed by atoms with Gasteiger partial charge in [0.2, 0.25) is 0 Å². The van der Waals surface area contributed by atoms with E-state index in [1.54, 1.807) is 0 Å². The Labute approximate surface area is 125 Å². The molecule has 1 aliphatic carbocycles. The standard InChI is InChI=1S/C18H21NS/c1-13-6-2-3-8-15(13)12-20-17-11-10-14-7-4-5-9-16(14)18(17)19/h2-9,17-18H,10-12,19H2,1H3. The Morgan fingerprint density at radius 1 is 1.10 bits per heavy atom. The van der Waals surface area contributed by atoms with Gasteiger partial charge in [-0.3, -0.25) is 0 Å². The zero-order chi connectivity index (χ0) is 13.9.